The van der Waals surface area contributed by atoms with Crippen LogP contribution in [0.15, 0.2) is 59.2 Å². The molecule has 0 fully saturated rings. The van der Waals surface area contributed by atoms with E-state index in [9.17, 15) is 9.59 Å². The Hall–Kier alpha value is -3.13. The van der Waals surface area contributed by atoms with Crippen LogP contribution in [0.3, 0.4) is 0 Å². The summed E-state index contributed by atoms with van der Waals surface area (Å²) in [4.78, 5) is 24.4. The van der Waals surface area contributed by atoms with Crippen LogP contribution in [0, 0.1) is 0 Å². The number of amides is 1. The number of rotatable bonds is 6. The molecular formula is C20H18BrN3O4. The lowest BCUT2D eigenvalue weighted by atomic mass is 10.1. The lowest BCUT2D eigenvalue weighted by Gasteiger charge is -2.09. The number of carbonyl (C=O) groups is 2. The SMILES string of the molecule is COC(=O)c1nn(C)cc1NC(=O)c1cccc(COc2cccc(Br)c2)c1. The predicted octanol–water partition coefficient (Wildman–Crippen LogP) is 3.80. The van der Waals surface area contributed by atoms with E-state index in [2.05, 4.69) is 26.3 Å². The third-order valence-electron chi connectivity index (χ3n) is 3.85. The van der Waals surface area contributed by atoms with E-state index in [1.165, 1.54) is 11.8 Å². The zero-order valence-electron chi connectivity index (χ0n) is 15.3. The van der Waals surface area contributed by atoms with Gasteiger partial charge in [-0.05, 0) is 35.9 Å². The number of aromatic nitrogens is 2. The second-order valence-electron chi connectivity index (χ2n) is 5.96. The molecule has 0 saturated heterocycles. The third-order valence-corrected chi connectivity index (χ3v) is 4.34. The van der Waals surface area contributed by atoms with Crippen molar-refractivity contribution in [3.63, 3.8) is 0 Å². The molecule has 1 amide bonds. The first-order valence-electron chi connectivity index (χ1n) is 8.37. The van der Waals surface area contributed by atoms with Gasteiger partial charge in [-0.15, -0.1) is 0 Å². The van der Waals surface area contributed by atoms with Crippen molar-refractivity contribution < 1.29 is 19.1 Å². The lowest BCUT2D eigenvalue weighted by Crippen LogP contribution is -2.15. The maximum atomic E-state index is 12.6. The zero-order valence-corrected chi connectivity index (χ0v) is 16.9. The molecule has 28 heavy (non-hydrogen) atoms. The number of benzene rings is 2. The molecule has 144 valence electrons. The Balaban J connectivity index is 1.71. The Morgan fingerprint density at radius 2 is 1.96 bits per heavy atom. The molecular weight excluding hydrogens is 426 g/mol. The largest absolute Gasteiger partial charge is 0.489 e. The molecule has 3 rings (SSSR count). The van der Waals surface area contributed by atoms with Gasteiger partial charge in [0, 0.05) is 23.3 Å². The fraction of sp³-hybridized carbons (Fsp3) is 0.150. The number of ether oxygens (including phenoxy) is 2. The topological polar surface area (TPSA) is 82.5 Å². The molecule has 0 aliphatic heterocycles. The summed E-state index contributed by atoms with van der Waals surface area (Å²) in [7, 11) is 2.92. The Morgan fingerprint density at radius 1 is 1.18 bits per heavy atom. The molecule has 0 spiro atoms. The second kappa shape index (κ2) is 8.71. The van der Waals surface area contributed by atoms with Gasteiger partial charge in [0.05, 0.1) is 12.8 Å². The molecule has 8 heteroatoms. The maximum Gasteiger partial charge on any atom is 0.360 e. The van der Waals surface area contributed by atoms with Crippen LogP contribution >= 0.6 is 15.9 Å². The summed E-state index contributed by atoms with van der Waals surface area (Å²) in [5.74, 6) is -0.253. The van der Waals surface area contributed by atoms with E-state index in [-0.39, 0.29) is 17.3 Å². The lowest BCUT2D eigenvalue weighted by molar-refractivity contribution is 0.0594. The monoisotopic (exact) mass is 443 g/mol. The molecule has 7 nitrogen and oxygen atoms in total. The zero-order chi connectivity index (χ0) is 20.1. The smallest absolute Gasteiger partial charge is 0.360 e. The average Bonchev–Trinajstić information content (AvgIpc) is 3.06. The number of halogens is 1. The van der Waals surface area contributed by atoms with E-state index < -0.39 is 5.97 Å². The van der Waals surface area contributed by atoms with Gasteiger partial charge < -0.3 is 14.8 Å². The van der Waals surface area contributed by atoms with Crippen molar-refractivity contribution in [2.45, 2.75) is 6.61 Å². The minimum absolute atomic E-state index is 0.0486. The number of aryl methyl sites for hydroxylation is 1. The highest BCUT2D eigenvalue weighted by Crippen LogP contribution is 2.20. The van der Waals surface area contributed by atoms with E-state index >= 15 is 0 Å². The van der Waals surface area contributed by atoms with Crippen molar-refractivity contribution in [1.82, 2.24) is 9.78 Å². The summed E-state index contributed by atoms with van der Waals surface area (Å²) in [6.07, 6.45) is 1.55. The van der Waals surface area contributed by atoms with Gasteiger partial charge in [-0.25, -0.2) is 4.79 Å². The number of anilines is 1. The molecule has 1 heterocycles. The summed E-state index contributed by atoms with van der Waals surface area (Å²) in [5.41, 5.74) is 1.62. The Kier molecular flexibility index (Phi) is 6.10. The minimum Gasteiger partial charge on any atom is -0.489 e. The highest BCUT2D eigenvalue weighted by atomic mass is 79.9. The molecule has 0 radical (unpaired) electrons. The minimum atomic E-state index is -0.618. The van der Waals surface area contributed by atoms with Gasteiger partial charge in [0.15, 0.2) is 5.69 Å². The summed E-state index contributed by atoms with van der Waals surface area (Å²) in [6.45, 7) is 0.317. The number of methoxy groups -OCH3 is 1. The molecule has 0 bridgehead atoms. The van der Waals surface area contributed by atoms with E-state index in [0.29, 0.717) is 12.2 Å². The summed E-state index contributed by atoms with van der Waals surface area (Å²) in [5, 5.41) is 6.72. The van der Waals surface area contributed by atoms with Crippen LogP contribution in [0.2, 0.25) is 0 Å². The molecule has 0 aliphatic rings. The molecule has 0 aliphatic carbocycles. The van der Waals surface area contributed by atoms with Gasteiger partial charge in [0.1, 0.15) is 12.4 Å². The fourth-order valence-electron chi connectivity index (χ4n) is 2.55. The Bertz CT molecular complexity index is 1020. The van der Waals surface area contributed by atoms with E-state index in [1.54, 1.807) is 31.4 Å². The quantitative estimate of drug-likeness (QED) is 0.585. The van der Waals surface area contributed by atoms with Crippen LogP contribution in [0.5, 0.6) is 5.75 Å². The first-order valence-corrected chi connectivity index (χ1v) is 9.16. The number of hydrogen-bond acceptors (Lipinski definition) is 5. The van der Waals surface area contributed by atoms with Gasteiger partial charge in [-0.3, -0.25) is 9.48 Å². The fourth-order valence-corrected chi connectivity index (χ4v) is 2.93. The van der Waals surface area contributed by atoms with Crippen LogP contribution in [0.25, 0.3) is 0 Å². The number of esters is 1. The van der Waals surface area contributed by atoms with Gasteiger partial charge in [-0.2, -0.15) is 5.10 Å². The molecule has 1 N–H and O–H groups in total. The van der Waals surface area contributed by atoms with Crippen LogP contribution < -0.4 is 10.1 Å². The van der Waals surface area contributed by atoms with Gasteiger partial charge >= 0.3 is 5.97 Å². The van der Waals surface area contributed by atoms with Crippen molar-refractivity contribution in [2.75, 3.05) is 12.4 Å². The third kappa shape index (κ3) is 4.77. The van der Waals surface area contributed by atoms with Crippen LogP contribution in [0.1, 0.15) is 26.4 Å². The highest BCUT2D eigenvalue weighted by Gasteiger charge is 2.19. The van der Waals surface area contributed by atoms with Gasteiger partial charge in [0.25, 0.3) is 5.91 Å². The maximum absolute atomic E-state index is 12.6. The van der Waals surface area contributed by atoms with Gasteiger partial charge in [-0.1, -0.05) is 34.1 Å². The molecule has 2 aromatic carbocycles. The van der Waals surface area contributed by atoms with Crippen molar-refractivity contribution in [1.29, 1.82) is 0 Å². The van der Waals surface area contributed by atoms with E-state index in [4.69, 9.17) is 9.47 Å². The molecule has 0 unspecified atom stereocenters. The molecule has 0 atom stereocenters. The van der Waals surface area contributed by atoms with Crippen molar-refractivity contribution in [2.24, 2.45) is 7.05 Å². The Labute approximate surface area is 170 Å². The van der Waals surface area contributed by atoms with Crippen LogP contribution in [0.4, 0.5) is 5.69 Å². The standard InChI is InChI=1S/C20H18BrN3O4/c1-24-11-17(18(23-24)20(26)27-2)22-19(25)14-6-3-5-13(9-14)12-28-16-8-4-7-15(21)10-16/h3-11H,12H2,1-2H3,(H,22,25). The summed E-state index contributed by atoms with van der Waals surface area (Å²) in [6, 6.07) is 14.6. The summed E-state index contributed by atoms with van der Waals surface area (Å²) < 4.78 is 12.8. The van der Waals surface area contributed by atoms with Crippen LogP contribution in [-0.4, -0.2) is 28.8 Å². The normalized spacial score (nSPS) is 10.4. The highest BCUT2D eigenvalue weighted by molar-refractivity contribution is 9.10. The summed E-state index contributed by atoms with van der Waals surface area (Å²) >= 11 is 3.40. The number of hydrogen-bond donors (Lipinski definition) is 1. The van der Waals surface area contributed by atoms with Crippen molar-refractivity contribution in [3.05, 3.63) is 76.0 Å². The average molecular weight is 444 g/mol. The van der Waals surface area contributed by atoms with Gasteiger partial charge in [0.2, 0.25) is 0 Å². The number of carbonyl (C=O) groups excluding carboxylic acids is 2. The molecule has 0 saturated carbocycles. The van der Waals surface area contributed by atoms with Crippen LogP contribution in [-0.2, 0) is 18.4 Å². The second-order valence-corrected chi connectivity index (χ2v) is 6.87. The first-order chi connectivity index (χ1) is 13.5. The predicted molar refractivity (Wildman–Crippen MR) is 107 cm³/mol. The van der Waals surface area contributed by atoms with E-state index in [1.807, 2.05) is 30.3 Å². The van der Waals surface area contributed by atoms with Crippen molar-refractivity contribution in [3.8, 4) is 5.75 Å². The Morgan fingerprint density at radius 3 is 2.71 bits per heavy atom. The molecule has 3 aromatic rings. The van der Waals surface area contributed by atoms with E-state index in [0.717, 1.165) is 15.8 Å². The number of nitrogens with one attached hydrogen (secondary N) is 1. The molecule has 1 aromatic heterocycles. The number of nitrogens with zero attached hydrogens (tertiary/aromatic N) is 2. The van der Waals surface area contributed by atoms with Crippen molar-refractivity contribution >= 4 is 33.5 Å². The first kappa shape index (κ1) is 19.6.